The van der Waals surface area contributed by atoms with Crippen LogP contribution in [0, 0.1) is 6.92 Å². The SMILES string of the molecule is Cc1ccccc1OCC(=O)NCc1ccc(Cl)o1. The Morgan fingerprint density at radius 1 is 1.32 bits per heavy atom. The molecule has 0 saturated carbocycles. The number of aryl methyl sites for hydroxylation is 1. The van der Waals surface area contributed by atoms with E-state index in [0.29, 0.717) is 23.3 Å². The van der Waals surface area contributed by atoms with Crippen molar-refractivity contribution >= 4 is 17.5 Å². The lowest BCUT2D eigenvalue weighted by atomic mass is 10.2. The first-order valence-electron chi connectivity index (χ1n) is 5.84. The molecule has 1 heterocycles. The van der Waals surface area contributed by atoms with Gasteiger partial charge in [-0.3, -0.25) is 4.79 Å². The second-order valence-corrected chi connectivity index (χ2v) is 4.41. The van der Waals surface area contributed by atoms with Crippen LogP contribution in [0.1, 0.15) is 11.3 Å². The Morgan fingerprint density at radius 3 is 2.79 bits per heavy atom. The van der Waals surface area contributed by atoms with Crippen molar-refractivity contribution < 1.29 is 13.9 Å². The molecule has 0 radical (unpaired) electrons. The normalized spacial score (nSPS) is 10.2. The summed E-state index contributed by atoms with van der Waals surface area (Å²) in [7, 11) is 0. The number of para-hydroxylation sites is 1. The second kappa shape index (κ2) is 6.29. The van der Waals surface area contributed by atoms with Gasteiger partial charge < -0.3 is 14.5 Å². The van der Waals surface area contributed by atoms with Crippen LogP contribution in [0.5, 0.6) is 5.75 Å². The molecule has 0 aliphatic rings. The fourth-order valence-corrected chi connectivity index (χ4v) is 1.71. The smallest absolute Gasteiger partial charge is 0.258 e. The van der Waals surface area contributed by atoms with Crippen molar-refractivity contribution in [2.24, 2.45) is 0 Å². The van der Waals surface area contributed by atoms with E-state index in [1.54, 1.807) is 12.1 Å². The summed E-state index contributed by atoms with van der Waals surface area (Å²) in [6, 6.07) is 10.9. The van der Waals surface area contributed by atoms with E-state index in [1.807, 2.05) is 31.2 Å². The van der Waals surface area contributed by atoms with Gasteiger partial charge in [-0.2, -0.15) is 0 Å². The molecule has 1 aromatic heterocycles. The monoisotopic (exact) mass is 279 g/mol. The Kier molecular flexibility index (Phi) is 4.47. The molecular weight excluding hydrogens is 266 g/mol. The maximum atomic E-state index is 11.6. The number of halogens is 1. The van der Waals surface area contributed by atoms with Gasteiger partial charge in [-0.05, 0) is 42.3 Å². The summed E-state index contributed by atoms with van der Waals surface area (Å²) < 4.78 is 10.5. The van der Waals surface area contributed by atoms with Crippen molar-refractivity contribution in [3.05, 3.63) is 52.9 Å². The van der Waals surface area contributed by atoms with E-state index in [4.69, 9.17) is 20.8 Å². The molecule has 2 aromatic rings. The van der Waals surface area contributed by atoms with Gasteiger partial charge in [0.1, 0.15) is 11.5 Å². The molecule has 0 atom stereocenters. The molecule has 0 unspecified atom stereocenters. The number of amides is 1. The summed E-state index contributed by atoms with van der Waals surface area (Å²) in [5.74, 6) is 1.10. The molecule has 1 N–H and O–H groups in total. The van der Waals surface area contributed by atoms with Crippen LogP contribution in [-0.2, 0) is 11.3 Å². The van der Waals surface area contributed by atoms with Crippen molar-refractivity contribution in [1.82, 2.24) is 5.32 Å². The van der Waals surface area contributed by atoms with Crippen LogP contribution >= 0.6 is 11.6 Å². The van der Waals surface area contributed by atoms with Crippen LogP contribution in [0.4, 0.5) is 0 Å². The first-order chi connectivity index (χ1) is 9.15. The minimum Gasteiger partial charge on any atom is -0.484 e. The zero-order chi connectivity index (χ0) is 13.7. The lowest BCUT2D eigenvalue weighted by Crippen LogP contribution is -2.28. The van der Waals surface area contributed by atoms with E-state index in [2.05, 4.69) is 5.32 Å². The Labute approximate surface area is 116 Å². The van der Waals surface area contributed by atoms with Crippen molar-refractivity contribution in [3.8, 4) is 5.75 Å². The summed E-state index contributed by atoms with van der Waals surface area (Å²) in [6.45, 7) is 2.19. The van der Waals surface area contributed by atoms with Crippen LogP contribution in [0.3, 0.4) is 0 Å². The summed E-state index contributed by atoms with van der Waals surface area (Å²) in [5.41, 5.74) is 0.994. The van der Waals surface area contributed by atoms with Crippen LogP contribution in [0.2, 0.25) is 5.22 Å². The minimum atomic E-state index is -0.212. The third kappa shape index (κ3) is 4.03. The molecule has 100 valence electrons. The van der Waals surface area contributed by atoms with Gasteiger partial charge in [0.25, 0.3) is 5.91 Å². The molecule has 1 amide bonds. The molecule has 0 saturated heterocycles. The van der Waals surface area contributed by atoms with Crippen LogP contribution in [-0.4, -0.2) is 12.5 Å². The van der Waals surface area contributed by atoms with Gasteiger partial charge in [0.15, 0.2) is 11.8 Å². The van der Waals surface area contributed by atoms with E-state index in [0.717, 1.165) is 5.56 Å². The molecular formula is C14H14ClNO3. The fourth-order valence-electron chi connectivity index (χ4n) is 1.55. The summed E-state index contributed by atoms with van der Waals surface area (Å²) in [4.78, 5) is 11.6. The second-order valence-electron chi connectivity index (χ2n) is 4.04. The number of carbonyl (C=O) groups is 1. The average molecular weight is 280 g/mol. The number of nitrogens with one attached hydrogen (secondary N) is 1. The highest BCUT2D eigenvalue weighted by molar-refractivity contribution is 6.28. The Bertz CT molecular complexity index is 565. The summed E-state index contributed by atoms with van der Waals surface area (Å²) >= 11 is 5.63. The molecule has 5 heteroatoms. The topological polar surface area (TPSA) is 51.5 Å². The molecule has 0 spiro atoms. The average Bonchev–Trinajstić information content (AvgIpc) is 2.81. The van der Waals surface area contributed by atoms with Gasteiger partial charge in [0, 0.05) is 0 Å². The maximum absolute atomic E-state index is 11.6. The Balaban J connectivity index is 1.77. The molecule has 0 bridgehead atoms. The number of carbonyl (C=O) groups excluding carboxylic acids is 1. The van der Waals surface area contributed by atoms with Crippen molar-refractivity contribution in [3.63, 3.8) is 0 Å². The van der Waals surface area contributed by atoms with E-state index < -0.39 is 0 Å². The van der Waals surface area contributed by atoms with Gasteiger partial charge in [0.2, 0.25) is 0 Å². The molecule has 0 aliphatic carbocycles. The third-order valence-electron chi connectivity index (χ3n) is 2.54. The first-order valence-corrected chi connectivity index (χ1v) is 6.22. The van der Waals surface area contributed by atoms with Crippen LogP contribution in [0.15, 0.2) is 40.8 Å². The molecule has 4 nitrogen and oxygen atoms in total. The summed E-state index contributed by atoms with van der Waals surface area (Å²) in [5, 5.41) is 2.99. The number of rotatable bonds is 5. The lowest BCUT2D eigenvalue weighted by Gasteiger charge is -2.08. The van der Waals surface area contributed by atoms with E-state index >= 15 is 0 Å². The zero-order valence-electron chi connectivity index (χ0n) is 10.5. The maximum Gasteiger partial charge on any atom is 0.258 e. The Morgan fingerprint density at radius 2 is 2.11 bits per heavy atom. The number of ether oxygens (including phenoxy) is 1. The molecule has 0 fully saturated rings. The van der Waals surface area contributed by atoms with Crippen molar-refractivity contribution in [1.29, 1.82) is 0 Å². The Hall–Kier alpha value is -1.94. The zero-order valence-corrected chi connectivity index (χ0v) is 11.2. The van der Waals surface area contributed by atoms with Crippen LogP contribution < -0.4 is 10.1 Å². The fraction of sp³-hybridized carbons (Fsp3) is 0.214. The van der Waals surface area contributed by atoms with E-state index in [1.165, 1.54) is 0 Å². The number of hydrogen-bond donors (Lipinski definition) is 1. The number of benzene rings is 1. The number of hydrogen-bond acceptors (Lipinski definition) is 3. The quantitative estimate of drug-likeness (QED) is 0.915. The standard InChI is InChI=1S/C14H14ClNO3/c1-10-4-2-3-5-12(10)18-9-14(17)16-8-11-6-7-13(15)19-11/h2-7H,8-9H2,1H3,(H,16,17). The largest absolute Gasteiger partial charge is 0.484 e. The molecule has 2 rings (SSSR count). The van der Waals surface area contributed by atoms with Crippen LogP contribution in [0.25, 0.3) is 0 Å². The van der Waals surface area contributed by atoms with Crippen molar-refractivity contribution in [2.45, 2.75) is 13.5 Å². The minimum absolute atomic E-state index is 0.0285. The molecule has 19 heavy (non-hydrogen) atoms. The van der Waals surface area contributed by atoms with E-state index in [9.17, 15) is 4.79 Å². The molecule has 1 aromatic carbocycles. The van der Waals surface area contributed by atoms with Gasteiger partial charge in [-0.1, -0.05) is 18.2 Å². The van der Waals surface area contributed by atoms with Gasteiger partial charge in [0.05, 0.1) is 6.54 Å². The number of furan rings is 1. The highest BCUT2D eigenvalue weighted by atomic mass is 35.5. The predicted molar refractivity (Wildman–Crippen MR) is 72.2 cm³/mol. The third-order valence-corrected chi connectivity index (χ3v) is 2.74. The van der Waals surface area contributed by atoms with Crippen molar-refractivity contribution in [2.75, 3.05) is 6.61 Å². The van der Waals surface area contributed by atoms with Gasteiger partial charge >= 0.3 is 0 Å². The van der Waals surface area contributed by atoms with E-state index in [-0.39, 0.29) is 12.5 Å². The van der Waals surface area contributed by atoms with Gasteiger partial charge in [-0.25, -0.2) is 0 Å². The highest BCUT2D eigenvalue weighted by Crippen LogP contribution is 2.16. The first kappa shape index (κ1) is 13.5. The predicted octanol–water partition coefficient (Wildman–Crippen LogP) is 2.94. The highest BCUT2D eigenvalue weighted by Gasteiger charge is 2.06. The lowest BCUT2D eigenvalue weighted by molar-refractivity contribution is -0.123. The summed E-state index contributed by atoms with van der Waals surface area (Å²) in [6.07, 6.45) is 0. The molecule has 0 aliphatic heterocycles. The van der Waals surface area contributed by atoms with Gasteiger partial charge in [-0.15, -0.1) is 0 Å².